The fourth-order valence-corrected chi connectivity index (χ4v) is 2.73. The third-order valence-corrected chi connectivity index (χ3v) is 4.25. The van der Waals surface area contributed by atoms with Crippen molar-refractivity contribution in [2.45, 2.75) is 52.7 Å². The fraction of sp³-hybridized carbons (Fsp3) is 0.733. The molecular weight excluding hydrogens is 254 g/mol. The highest BCUT2D eigenvalue weighted by molar-refractivity contribution is 5.95. The van der Waals surface area contributed by atoms with Crippen molar-refractivity contribution < 1.29 is 9.90 Å². The Hall–Kier alpha value is -1.36. The number of unbranched alkanes of at least 4 members (excludes halogenated alkanes) is 1. The van der Waals surface area contributed by atoms with Gasteiger partial charge in [0.05, 0.1) is 17.9 Å². The van der Waals surface area contributed by atoms with Gasteiger partial charge in [-0.15, -0.1) is 0 Å². The number of nitrogens with zero attached hydrogens (tertiary/aromatic N) is 3. The molecule has 1 aromatic rings. The Morgan fingerprint density at radius 2 is 2.35 bits per heavy atom. The van der Waals surface area contributed by atoms with Gasteiger partial charge >= 0.3 is 0 Å². The summed E-state index contributed by atoms with van der Waals surface area (Å²) in [5, 5.41) is 13.9. The van der Waals surface area contributed by atoms with Gasteiger partial charge in [0.2, 0.25) is 0 Å². The molecule has 1 amide bonds. The smallest absolute Gasteiger partial charge is 0.257 e. The van der Waals surface area contributed by atoms with Crippen LogP contribution in [0.5, 0.6) is 0 Å². The first-order valence-electron chi connectivity index (χ1n) is 7.54. The zero-order chi connectivity index (χ0) is 14.7. The molecule has 112 valence electrons. The summed E-state index contributed by atoms with van der Waals surface area (Å²) in [5.74, 6) is 0.253. The third-order valence-electron chi connectivity index (χ3n) is 4.25. The Morgan fingerprint density at radius 1 is 1.60 bits per heavy atom. The van der Waals surface area contributed by atoms with Crippen molar-refractivity contribution in [2.75, 3.05) is 13.1 Å². The average Bonchev–Trinajstić information content (AvgIpc) is 3.03. The zero-order valence-electron chi connectivity index (χ0n) is 12.7. The second-order valence-corrected chi connectivity index (χ2v) is 5.76. The first-order valence-corrected chi connectivity index (χ1v) is 7.54. The molecule has 0 aromatic carbocycles. The molecule has 0 radical (unpaired) electrons. The summed E-state index contributed by atoms with van der Waals surface area (Å²) < 4.78 is 1.92. The molecule has 0 aliphatic carbocycles. The number of likely N-dealkylation sites (tertiary alicyclic amines) is 1. The molecule has 0 spiro atoms. The van der Waals surface area contributed by atoms with Crippen molar-refractivity contribution in [2.24, 2.45) is 5.92 Å². The summed E-state index contributed by atoms with van der Waals surface area (Å²) in [5.41, 5.74) is 1.65. The summed E-state index contributed by atoms with van der Waals surface area (Å²) in [7, 11) is 0. The van der Waals surface area contributed by atoms with Crippen molar-refractivity contribution in [3.63, 3.8) is 0 Å². The number of carbonyl (C=O) groups is 1. The van der Waals surface area contributed by atoms with Gasteiger partial charge in [0.1, 0.15) is 0 Å². The van der Waals surface area contributed by atoms with Gasteiger partial charge in [-0.2, -0.15) is 5.10 Å². The topological polar surface area (TPSA) is 58.4 Å². The Labute approximate surface area is 120 Å². The van der Waals surface area contributed by atoms with Gasteiger partial charge in [0, 0.05) is 31.2 Å². The molecule has 1 aromatic heterocycles. The largest absolute Gasteiger partial charge is 0.393 e. The first kappa shape index (κ1) is 15.0. The van der Waals surface area contributed by atoms with E-state index in [1.807, 2.05) is 16.5 Å². The van der Waals surface area contributed by atoms with E-state index in [4.69, 9.17) is 0 Å². The van der Waals surface area contributed by atoms with E-state index in [1.165, 1.54) is 0 Å². The van der Waals surface area contributed by atoms with Crippen LogP contribution in [0.3, 0.4) is 0 Å². The number of aliphatic hydroxyl groups excluding tert-OH is 1. The predicted octanol–water partition coefficient (Wildman–Crippen LogP) is 1.83. The van der Waals surface area contributed by atoms with Crippen LogP contribution < -0.4 is 0 Å². The number of hydrogen-bond donors (Lipinski definition) is 1. The van der Waals surface area contributed by atoms with E-state index >= 15 is 0 Å². The van der Waals surface area contributed by atoms with Crippen molar-refractivity contribution >= 4 is 5.91 Å². The van der Waals surface area contributed by atoms with Crippen molar-refractivity contribution in [3.05, 3.63) is 17.5 Å². The molecule has 20 heavy (non-hydrogen) atoms. The maximum absolute atomic E-state index is 12.5. The second kappa shape index (κ2) is 6.39. The Morgan fingerprint density at radius 3 is 2.95 bits per heavy atom. The molecule has 0 bridgehead atoms. The molecular formula is C15H25N3O2. The predicted molar refractivity (Wildman–Crippen MR) is 77.6 cm³/mol. The van der Waals surface area contributed by atoms with Crippen LogP contribution in [0.1, 0.15) is 49.2 Å². The molecule has 1 N–H and O–H groups in total. The zero-order valence-corrected chi connectivity index (χ0v) is 12.7. The number of hydrogen-bond acceptors (Lipinski definition) is 3. The lowest BCUT2D eigenvalue weighted by Crippen LogP contribution is -2.30. The van der Waals surface area contributed by atoms with Crippen LogP contribution in [-0.2, 0) is 6.54 Å². The molecule has 2 heterocycles. The third kappa shape index (κ3) is 3.03. The number of amides is 1. The van der Waals surface area contributed by atoms with Crippen molar-refractivity contribution in [1.82, 2.24) is 14.7 Å². The van der Waals surface area contributed by atoms with Gasteiger partial charge in [-0.3, -0.25) is 9.48 Å². The van der Waals surface area contributed by atoms with Crippen molar-refractivity contribution in [1.29, 1.82) is 0 Å². The van der Waals surface area contributed by atoms with Crippen LogP contribution in [-0.4, -0.2) is 44.9 Å². The monoisotopic (exact) mass is 279 g/mol. The molecule has 1 saturated heterocycles. The fourth-order valence-electron chi connectivity index (χ4n) is 2.73. The number of aliphatic hydroxyl groups is 1. The summed E-state index contributed by atoms with van der Waals surface area (Å²) >= 11 is 0. The number of rotatable bonds is 5. The van der Waals surface area contributed by atoms with E-state index < -0.39 is 0 Å². The SMILES string of the molecule is CCCCn1ncc(C(=O)N2CCC(C(C)O)C2)c1C. The van der Waals surface area contributed by atoms with Crippen LogP contribution in [0, 0.1) is 12.8 Å². The van der Waals surface area contributed by atoms with Crippen LogP contribution in [0.4, 0.5) is 0 Å². The molecule has 2 rings (SSSR count). The highest BCUT2D eigenvalue weighted by Crippen LogP contribution is 2.22. The summed E-state index contributed by atoms with van der Waals surface area (Å²) in [6.45, 7) is 8.14. The van der Waals surface area contributed by atoms with Gasteiger partial charge in [-0.25, -0.2) is 0 Å². The highest BCUT2D eigenvalue weighted by atomic mass is 16.3. The standard InChI is InChI=1S/C15H25N3O2/c1-4-5-7-18-11(2)14(9-16-18)15(20)17-8-6-13(10-17)12(3)19/h9,12-13,19H,4-8,10H2,1-3H3. The molecule has 5 nitrogen and oxygen atoms in total. The first-order chi connectivity index (χ1) is 9.54. The van der Waals surface area contributed by atoms with E-state index in [2.05, 4.69) is 12.0 Å². The Kier molecular flexibility index (Phi) is 4.81. The van der Waals surface area contributed by atoms with Crippen LogP contribution in [0.25, 0.3) is 0 Å². The summed E-state index contributed by atoms with van der Waals surface area (Å²) in [6.07, 6.45) is 4.41. The molecule has 1 fully saturated rings. The maximum Gasteiger partial charge on any atom is 0.257 e. The molecule has 2 unspecified atom stereocenters. The highest BCUT2D eigenvalue weighted by Gasteiger charge is 2.30. The van der Waals surface area contributed by atoms with Crippen molar-refractivity contribution in [3.8, 4) is 0 Å². The average molecular weight is 279 g/mol. The molecule has 1 aliphatic rings. The molecule has 0 saturated carbocycles. The van der Waals surface area contributed by atoms with Crippen LogP contribution in [0.2, 0.25) is 0 Å². The van der Waals surface area contributed by atoms with E-state index in [9.17, 15) is 9.90 Å². The van der Waals surface area contributed by atoms with Gasteiger partial charge in [-0.1, -0.05) is 13.3 Å². The Balaban J connectivity index is 2.05. The maximum atomic E-state index is 12.5. The van der Waals surface area contributed by atoms with Gasteiger partial charge in [0.25, 0.3) is 5.91 Å². The summed E-state index contributed by atoms with van der Waals surface area (Å²) in [6, 6.07) is 0. The minimum Gasteiger partial charge on any atom is -0.393 e. The van der Waals surface area contributed by atoms with Gasteiger partial charge in [0.15, 0.2) is 0 Å². The van der Waals surface area contributed by atoms with E-state index in [-0.39, 0.29) is 17.9 Å². The van der Waals surface area contributed by atoms with E-state index in [0.29, 0.717) is 12.1 Å². The van der Waals surface area contributed by atoms with Gasteiger partial charge < -0.3 is 10.0 Å². The van der Waals surface area contributed by atoms with E-state index in [0.717, 1.165) is 38.0 Å². The minimum atomic E-state index is -0.346. The van der Waals surface area contributed by atoms with Crippen LogP contribution in [0.15, 0.2) is 6.20 Å². The lowest BCUT2D eigenvalue weighted by Gasteiger charge is -2.17. The number of aromatic nitrogens is 2. The van der Waals surface area contributed by atoms with E-state index in [1.54, 1.807) is 13.1 Å². The second-order valence-electron chi connectivity index (χ2n) is 5.76. The molecule has 2 atom stereocenters. The normalized spacial score (nSPS) is 20.4. The number of aryl methyl sites for hydroxylation is 1. The minimum absolute atomic E-state index is 0.0494. The van der Waals surface area contributed by atoms with Crippen LogP contribution >= 0.6 is 0 Å². The number of carbonyl (C=O) groups excluding carboxylic acids is 1. The lowest BCUT2D eigenvalue weighted by atomic mass is 10.0. The summed E-state index contributed by atoms with van der Waals surface area (Å²) in [4.78, 5) is 14.4. The van der Waals surface area contributed by atoms with Gasteiger partial charge in [-0.05, 0) is 26.7 Å². The Bertz CT molecular complexity index is 468. The quantitative estimate of drug-likeness (QED) is 0.894. The lowest BCUT2D eigenvalue weighted by molar-refractivity contribution is 0.0761. The molecule has 5 heteroatoms. The molecule has 1 aliphatic heterocycles.